The van der Waals surface area contributed by atoms with Crippen molar-refractivity contribution in [3.63, 3.8) is 0 Å². The first-order valence-corrected chi connectivity index (χ1v) is 7.47. The molecule has 0 aliphatic carbocycles. The Kier molecular flexibility index (Phi) is 4.63. The number of esters is 1. The van der Waals surface area contributed by atoms with E-state index in [1.807, 2.05) is 25.1 Å². The summed E-state index contributed by atoms with van der Waals surface area (Å²) < 4.78 is 10.9. The lowest BCUT2D eigenvalue weighted by Gasteiger charge is -2.06. The molecule has 0 radical (unpaired) electrons. The first-order chi connectivity index (χ1) is 9.96. The van der Waals surface area contributed by atoms with E-state index in [2.05, 4.69) is 4.74 Å². The molecule has 1 heterocycles. The Morgan fingerprint density at radius 3 is 2.57 bits per heavy atom. The van der Waals surface area contributed by atoms with Crippen molar-refractivity contribution in [3.8, 4) is 5.75 Å². The maximum atomic E-state index is 12.3. The topological polar surface area (TPSA) is 52.6 Å². The Labute approximate surface area is 127 Å². The molecule has 0 N–H and O–H groups in total. The molecule has 0 amide bonds. The van der Waals surface area contributed by atoms with Crippen LogP contribution in [-0.4, -0.2) is 26.0 Å². The molecule has 0 saturated heterocycles. The van der Waals surface area contributed by atoms with Crippen LogP contribution in [0.4, 0.5) is 0 Å². The average molecular weight is 306 g/mol. The summed E-state index contributed by atoms with van der Waals surface area (Å²) in [6.45, 7) is 3.67. The number of carbonyl (C=O) groups is 2. The Balaban J connectivity index is 2.26. The lowest BCUT2D eigenvalue weighted by molar-refractivity contribution is -0.144. The molecule has 0 unspecified atom stereocenters. The highest BCUT2D eigenvalue weighted by Gasteiger charge is 2.20. The standard InChI is InChI=1S/C16H18O4S/c1-9-5-11-7-15(21-14(11)8-13(9)19-3)12(17)6-10(2)16(18)20-4/h5,7-8,10H,6H2,1-4H3/t10-/m0/s1. The predicted octanol–water partition coefficient (Wildman–Crippen LogP) is 3.60. The van der Waals surface area contributed by atoms with Crippen molar-refractivity contribution in [1.29, 1.82) is 0 Å². The molecule has 1 atom stereocenters. The van der Waals surface area contributed by atoms with Gasteiger partial charge in [-0.25, -0.2) is 0 Å². The molecule has 2 aromatic rings. The zero-order valence-corrected chi connectivity index (χ0v) is 13.4. The minimum atomic E-state index is -0.427. The molecule has 0 aliphatic rings. The minimum absolute atomic E-state index is 0.0364. The average Bonchev–Trinajstić information content (AvgIpc) is 2.87. The number of aryl methyl sites for hydroxylation is 1. The monoisotopic (exact) mass is 306 g/mol. The van der Waals surface area contributed by atoms with Gasteiger partial charge in [0.05, 0.1) is 25.0 Å². The number of hydrogen-bond donors (Lipinski definition) is 0. The van der Waals surface area contributed by atoms with E-state index >= 15 is 0 Å². The summed E-state index contributed by atoms with van der Waals surface area (Å²) in [4.78, 5) is 24.3. The fourth-order valence-electron chi connectivity index (χ4n) is 2.20. The fraction of sp³-hybridized carbons (Fsp3) is 0.375. The number of carbonyl (C=O) groups excluding carboxylic acids is 2. The third-order valence-electron chi connectivity index (χ3n) is 3.40. The van der Waals surface area contributed by atoms with E-state index in [1.165, 1.54) is 18.4 Å². The van der Waals surface area contributed by atoms with Gasteiger partial charge >= 0.3 is 5.97 Å². The first kappa shape index (κ1) is 15.5. The van der Waals surface area contributed by atoms with E-state index in [1.54, 1.807) is 14.0 Å². The van der Waals surface area contributed by atoms with Crippen molar-refractivity contribution in [2.24, 2.45) is 5.92 Å². The Hall–Kier alpha value is -1.88. The maximum absolute atomic E-state index is 12.3. The Morgan fingerprint density at radius 2 is 1.95 bits per heavy atom. The number of hydrogen-bond acceptors (Lipinski definition) is 5. The molecule has 0 aliphatic heterocycles. The van der Waals surface area contributed by atoms with E-state index in [4.69, 9.17) is 4.74 Å². The molecule has 1 aromatic carbocycles. The third-order valence-corrected chi connectivity index (χ3v) is 4.54. The van der Waals surface area contributed by atoms with Crippen LogP contribution in [0.15, 0.2) is 18.2 Å². The van der Waals surface area contributed by atoms with Crippen molar-refractivity contribution in [3.05, 3.63) is 28.6 Å². The number of rotatable bonds is 5. The Morgan fingerprint density at radius 1 is 1.24 bits per heavy atom. The second-order valence-corrected chi connectivity index (χ2v) is 6.11. The molecular formula is C16H18O4S. The number of Topliss-reactive ketones (excluding diaryl/α,β-unsaturated/α-hetero) is 1. The molecule has 1 aromatic heterocycles. The molecule has 4 nitrogen and oxygen atoms in total. The number of fused-ring (bicyclic) bond motifs is 1. The Bertz CT molecular complexity index is 687. The van der Waals surface area contributed by atoms with Gasteiger partial charge in [-0.1, -0.05) is 6.92 Å². The number of ether oxygens (including phenoxy) is 2. The largest absolute Gasteiger partial charge is 0.496 e. The molecule has 5 heteroatoms. The normalized spacial score (nSPS) is 12.2. The number of thiophene rings is 1. The second-order valence-electron chi connectivity index (χ2n) is 5.02. The van der Waals surface area contributed by atoms with Gasteiger partial charge in [0.1, 0.15) is 5.75 Å². The van der Waals surface area contributed by atoms with Crippen molar-refractivity contribution in [1.82, 2.24) is 0 Å². The lowest BCUT2D eigenvalue weighted by Crippen LogP contribution is -2.16. The van der Waals surface area contributed by atoms with Gasteiger partial charge in [0.2, 0.25) is 0 Å². The van der Waals surface area contributed by atoms with Crippen LogP contribution in [0.5, 0.6) is 5.75 Å². The van der Waals surface area contributed by atoms with Gasteiger partial charge in [0.15, 0.2) is 5.78 Å². The van der Waals surface area contributed by atoms with Gasteiger partial charge in [0, 0.05) is 11.1 Å². The zero-order chi connectivity index (χ0) is 15.6. The number of methoxy groups -OCH3 is 2. The molecule has 0 spiro atoms. The minimum Gasteiger partial charge on any atom is -0.496 e. The summed E-state index contributed by atoms with van der Waals surface area (Å²) in [6.07, 6.45) is 0.162. The smallest absolute Gasteiger partial charge is 0.308 e. The maximum Gasteiger partial charge on any atom is 0.308 e. The summed E-state index contributed by atoms with van der Waals surface area (Å²) in [6, 6.07) is 5.82. The number of ketones is 1. The van der Waals surface area contributed by atoms with Gasteiger partial charge in [0.25, 0.3) is 0 Å². The van der Waals surface area contributed by atoms with E-state index < -0.39 is 5.92 Å². The third kappa shape index (κ3) is 3.24. The summed E-state index contributed by atoms with van der Waals surface area (Å²) in [5.41, 5.74) is 1.03. The summed E-state index contributed by atoms with van der Waals surface area (Å²) in [5.74, 6) is -0.0112. The van der Waals surface area contributed by atoms with E-state index in [0.717, 1.165) is 21.4 Å². The van der Waals surface area contributed by atoms with Gasteiger partial charge in [-0.2, -0.15) is 0 Å². The van der Waals surface area contributed by atoms with Gasteiger partial charge in [-0.05, 0) is 36.1 Å². The highest BCUT2D eigenvalue weighted by atomic mass is 32.1. The first-order valence-electron chi connectivity index (χ1n) is 6.65. The lowest BCUT2D eigenvalue weighted by atomic mass is 10.0. The summed E-state index contributed by atoms with van der Waals surface area (Å²) >= 11 is 1.42. The fourth-order valence-corrected chi connectivity index (χ4v) is 3.22. The molecule has 112 valence electrons. The van der Waals surface area contributed by atoms with E-state index in [-0.39, 0.29) is 18.2 Å². The molecule has 0 fully saturated rings. The van der Waals surface area contributed by atoms with Crippen LogP contribution in [0, 0.1) is 12.8 Å². The number of benzene rings is 1. The van der Waals surface area contributed by atoms with Crippen LogP contribution in [0.2, 0.25) is 0 Å². The van der Waals surface area contributed by atoms with Crippen molar-refractivity contribution >= 4 is 33.2 Å². The van der Waals surface area contributed by atoms with Gasteiger partial charge in [-0.15, -0.1) is 11.3 Å². The van der Waals surface area contributed by atoms with Crippen LogP contribution in [0.1, 0.15) is 28.6 Å². The molecule has 0 bridgehead atoms. The van der Waals surface area contributed by atoms with Crippen molar-refractivity contribution < 1.29 is 19.1 Å². The molecular weight excluding hydrogens is 288 g/mol. The van der Waals surface area contributed by atoms with Gasteiger partial charge in [-0.3, -0.25) is 9.59 Å². The quantitative estimate of drug-likeness (QED) is 0.625. The zero-order valence-electron chi connectivity index (χ0n) is 12.6. The van der Waals surface area contributed by atoms with Crippen LogP contribution >= 0.6 is 11.3 Å². The van der Waals surface area contributed by atoms with Crippen LogP contribution in [-0.2, 0) is 9.53 Å². The van der Waals surface area contributed by atoms with Crippen LogP contribution in [0.3, 0.4) is 0 Å². The van der Waals surface area contributed by atoms with Crippen LogP contribution < -0.4 is 4.74 Å². The SMILES string of the molecule is COC(=O)[C@@H](C)CC(=O)c1cc2cc(C)c(OC)cc2s1. The molecule has 0 saturated carbocycles. The van der Waals surface area contributed by atoms with Crippen molar-refractivity contribution in [2.75, 3.05) is 14.2 Å². The van der Waals surface area contributed by atoms with E-state index in [0.29, 0.717) is 4.88 Å². The van der Waals surface area contributed by atoms with E-state index in [9.17, 15) is 9.59 Å². The molecule has 21 heavy (non-hydrogen) atoms. The summed E-state index contributed by atoms with van der Waals surface area (Å²) in [5, 5.41) is 1.02. The highest BCUT2D eigenvalue weighted by Crippen LogP contribution is 2.32. The van der Waals surface area contributed by atoms with Crippen molar-refractivity contribution in [2.45, 2.75) is 20.3 Å². The molecule has 2 rings (SSSR count). The predicted molar refractivity (Wildman–Crippen MR) is 83.2 cm³/mol. The van der Waals surface area contributed by atoms with Gasteiger partial charge < -0.3 is 9.47 Å². The van der Waals surface area contributed by atoms with Crippen LogP contribution in [0.25, 0.3) is 10.1 Å². The summed E-state index contributed by atoms with van der Waals surface area (Å²) in [7, 11) is 2.96. The second kappa shape index (κ2) is 6.26. The highest BCUT2D eigenvalue weighted by molar-refractivity contribution is 7.20.